The number of aliphatic hydroxyl groups is 1. The van der Waals surface area contributed by atoms with Crippen LogP contribution in [-0.4, -0.2) is 21.4 Å². The minimum Gasteiger partial charge on any atom is -0.404 e. The van der Waals surface area contributed by atoms with Gasteiger partial charge in [-0.2, -0.15) is 0 Å². The van der Waals surface area contributed by atoms with E-state index in [0.717, 1.165) is 0 Å². The number of alkyl halides is 3. The second kappa shape index (κ2) is 5.00. The minimum absolute atomic E-state index is 0.131. The molecule has 0 aliphatic heterocycles. The fourth-order valence-corrected chi connectivity index (χ4v) is 1.50. The molecular formula is C7H4F3IN2O4. The maximum atomic E-state index is 12.0. The summed E-state index contributed by atoms with van der Waals surface area (Å²) >= 11 is 1.45. The predicted molar refractivity (Wildman–Crippen MR) is 56.2 cm³/mol. The second-order valence-corrected chi connectivity index (χ2v) is 3.78. The summed E-state index contributed by atoms with van der Waals surface area (Å²) in [7, 11) is 0. The summed E-state index contributed by atoms with van der Waals surface area (Å²) in [6, 6.07) is 0.550. The zero-order chi connectivity index (χ0) is 13.2. The van der Waals surface area contributed by atoms with Gasteiger partial charge in [0.05, 0.1) is 6.07 Å². The number of halogens is 4. The molecule has 0 amide bonds. The number of aromatic nitrogens is 1. The lowest BCUT2D eigenvalue weighted by molar-refractivity contribution is -0.389. The highest BCUT2D eigenvalue weighted by atomic mass is 127. The van der Waals surface area contributed by atoms with Crippen LogP contribution in [0.15, 0.2) is 6.07 Å². The number of pyridine rings is 1. The predicted octanol–water partition coefficient (Wildman–Crippen LogP) is 1.99. The highest BCUT2D eigenvalue weighted by Crippen LogP contribution is 2.31. The van der Waals surface area contributed by atoms with Crippen LogP contribution in [0, 0.1) is 13.7 Å². The summed E-state index contributed by atoms with van der Waals surface area (Å²) in [5.41, 5.74) is -0.251. The molecule has 94 valence electrons. The molecule has 1 heterocycles. The van der Waals surface area contributed by atoms with Crippen LogP contribution in [-0.2, 0) is 6.61 Å². The third-order valence-electron chi connectivity index (χ3n) is 1.54. The molecule has 1 N–H and O–H groups in total. The third kappa shape index (κ3) is 3.66. The van der Waals surface area contributed by atoms with Gasteiger partial charge in [-0.15, -0.1) is 13.2 Å². The van der Waals surface area contributed by atoms with Gasteiger partial charge in [-0.05, 0) is 32.5 Å². The number of rotatable bonds is 3. The first kappa shape index (κ1) is 13.9. The molecule has 0 saturated carbocycles. The Hall–Kier alpha value is -1.17. The molecule has 17 heavy (non-hydrogen) atoms. The van der Waals surface area contributed by atoms with E-state index in [0.29, 0.717) is 6.07 Å². The largest absolute Gasteiger partial charge is 0.573 e. The molecular weight excluding hydrogens is 360 g/mol. The quantitative estimate of drug-likeness (QED) is 0.504. The molecule has 1 aromatic rings. The van der Waals surface area contributed by atoms with Crippen molar-refractivity contribution in [1.29, 1.82) is 0 Å². The first-order valence-electron chi connectivity index (χ1n) is 3.95. The Balaban J connectivity index is 3.28. The number of nitro groups is 1. The molecule has 0 fully saturated rings. The van der Waals surface area contributed by atoms with Gasteiger partial charge in [-0.25, -0.2) is 0 Å². The van der Waals surface area contributed by atoms with Crippen LogP contribution in [0.4, 0.5) is 19.0 Å². The number of ether oxygens (including phenoxy) is 1. The molecule has 10 heteroatoms. The third-order valence-corrected chi connectivity index (χ3v) is 2.70. The summed E-state index contributed by atoms with van der Waals surface area (Å²) in [6.45, 7) is -0.728. The summed E-state index contributed by atoms with van der Waals surface area (Å²) in [5, 5.41) is 19.2. The summed E-state index contributed by atoms with van der Waals surface area (Å²) in [5.74, 6) is -1.59. The number of hydrogen-bond acceptors (Lipinski definition) is 5. The normalized spacial score (nSPS) is 11.4. The lowest BCUT2D eigenvalue weighted by Crippen LogP contribution is -2.18. The molecule has 0 aliphatic rings. The standard InChI is InChI=1S/C7H4F3IN2O4/c8-7(9,10)17-4-1-5(13(15)16)12-3(2-14)6(4)11/h1,14H,2H2. The fourth-order valence-electron chi connectivity index (χ4n) is 0.940. The molecule has 0 atom stereocenters. The average Bonchev–Trinajstić information content (AvgIpc) is 2.18. The summed E-state index contributed by atoms with van der Waals surface area (Å²) in [6.07, 6.45) is -4.97. The van der Waals surface area contributed by atoms with E-state index in [1.807, 2.05) is 0 Å². The smallest absolute Gasteiger partial charge is 0.404 e. The Morgan fingerprint density at radius 2 is 2.18 bits per heavy atom. The van der Waals surface area contributed by atoms with E-state index in [1.54, 1.807) is 0 Å². The van der Waals surface area contributed by atoms with Crippen molar-refractivity contribution in [3.63, 3.8) is 0 Å². The van der Waals surface area contributed by atoms with Gasteiger partial charge in [0.25, 0.3) is 0 Å². The van der Waals surface area contributed by atoms with E-state index in [9.17, 15) is 23.3 Å². The van der Waals surface area contributed by atoms with Crippen molar-refractivity contribution >= 4 is 28.4 Å². The Kier molecular flexibility index (Phi) is 4.08. The highest BCUT2D eigenvalue weighted by Gasteiger charge is 2.34. The van der Waals surface area contributed by atoms with Gasteiger partial charge in [-0.3, -0.25) is 0 Å². The Labute approximate surface area is 106 Å². The van der Waals surface area contributed by atoms with Gasteiger partial charge >= 0.3 is 12.2 Å². The SMILES string of the molecule is O=[N+]([O-])c1cc(OC(F)(F)F)c(I)c(CO)n1. The maximum Gasteiger partial charge on any atom is 0.573 e. The van der Waals surface area contributed by atoms with Crippen molar-refractivity contribution in [2.75, 3.05) is 0 Å². The summed E-state index contributed by atoms with van der Waals surface area (Å²) < 4.78 is 39.5. The van der Waals surface area contributed by atoms with Crippen molar-refractivity contribution in [2.45, 2.75) is 13.0 Å². The molecule has 0 unspecified atom stereocenters. The van der Waals surface area contributed by atoms with Crippen LogP contribution in [0.5, 0.6) is 5.75 Å². The van der Waals surface area contributed by atoms with Gasteiger partial charge in [0.15, 0.2) is 11.4 Å². The molecule has 0 radical (unpaired) electrons. The molecule has 0 saturated heterocycles. The molecule has 0 bridgehead atoms. The van der Waals surface area contributed by atoms with E-state index >= 15 is 0 Å². The van der Waals surface area contributed by atoms with E-state index < -0.39 is 29.5 Å². The Morgan fingerprint density at radius 1 is 1.59 bits per heavy atom. The lowest BCUT2D eigenvalue weighted by atomic mass is 10.3. The van der Waals surface area contributed by atoms with Crippen molar-refractivity contribution in [2.24, 2.45) is 0 Å². The highest BCUT2D eigenvalue weighted by molar-refractivity contribution is 14.1. The van der Waals surface area contributed by atoms with E-state index in [2.05, 4.69) is 9.72 Å². The van der Waals surface area contributed by atoms with E-state index in [1.165, 1.54) is 22.6 Å². The number of aliphatic hydroxyl groups excluding tert-OH is 1. The van der Waals surface area contributed by atoms with Crippen LogP contribution in [0.25, 0.3) is 0 Å². The van der Waals surface area contributed by atoms with Gasteiger partial charge in [0.1, 0.15) is 10.2 Å². The molecule has 6 nitrogen and oxygen atoms in total. The van der Waals surface area contributed by atoms with Gasteiger partial charge in [0.2, 0.25) is 0 Å². The van der Waals surface area contributed by atoms with Crippen LogP contribution < -0.4 is 4.74 Å². The van der Waals surface area contributed by atoms with Crippen molar-refractivity contribution in [1.82, 2.24) is 4.98 Å². The topological polar surface area (TPSA) is 85.5 Å². The fraction of sp³-hybridized carbons (Fsp3) is 0.286. The summed E-state index contributed by atoms with van der Waals surface area (Å²) in [4.78, 5) is 12.8. The lowest BCUT2D eigenvalue weighted by Gasteiger charge is -2.10. The average molecular weight is 364 g/mol. The van der Waals surface area contributed by atoms with Crippen LogP contribution >= 0.6 is 22.6 Å². The van der Waals surface area contributed by atoms with Crippen molar-refractivity contribution in [3.8, 4) is 5.75 Å². The van der Waals surface area contributed by atoms with Crippen LogP contribution in [0.3, 0.4) is 0 Å². The van der Waals surface area contributed by atoms with Crippen molar-refractivity contribution in [3.05, 3.63) is 25.4 Å². The molecule has 1 rings (SSSR count). The first-order valence-corrected chi connectivity index (χ1v) is 5.03. The molecule has 1 aromatic heterocycles. The van der Waals surface area contributed by atoms with Crippen molar-refractivity contribution < 1.29 is 27.9 Å². The minimum atomic E-state index is -4.97. The Bertz CT molecular complexity index is 451. The van der Waals surface area contributed by atoms with Gasteiger partial charge in [-0.1, -0.05) is 0 Å². The Morgan fingerprint density at radius 3 is 2.59 bits per heavy atom. The molecule has 0 aromatic carbocycles. The van der Waals surface area contributed by atoms with Crippen LogP contribution in [0.1, 0.15) is 5.69 Å². The maximum absolute atomic E-state index is 12.0. The van der Waals surface area contributed by atoms with E-state index in [4.69, 9.17) is 5.11 Å². The molecule has 0 spiro atoms. The van der Waals surface area contributed by atoms with Gasteiger partial charge < -0.3 is 20.0 Å². The number of nitrogens with zero attached hydrogens (tertiary/aromatic N) is 2. The van der Waals surface area contributed by atoms with E-state index in [-0.39, 0.29) is 9.26 Å². The zero-order valence-electron chi connectivity index (χ0n) is 7.86. The van der Waals surface area contributed by atoms with Gasteiger partial charge in [0, 0.05) is 0 Å². The molecule has 0 aliphatic carbocycles. The monoisotopic (exact) mass is 364 g/mol. The first-order chi connectivity index (χ1) is 7.74. The van der Waals surface area contributed by atoms with Crippen LogP contribution in [0.2, 0.25) is 0 Å². The number of hydrogen-bond donors (Lipinski definition) is 1. The second-order valence-electron chi connectivity index (χ2n) is 2.70. The zero-order valence-corrected chi connectivity index (χ0v) is 10.0.